The van der Waals surface area contributed by atoms with Crippen molar-refractivity contribution in [3.63, 3.8) is 0 Å². The van der Waals surface area contributed by atoms with Gasteiger partial charge in [-0.1, -0.05) is 0 Å². The van der Waals surface area contributed by atoms with Gasteiger partial charge in [0.2, 0.25) is 0 Å². The highest BCUT2D eigenvalue weighted by molar-refractivity contribution is 5.99. The van der Waals surface area contributed by atoms with Crippen LogP contribution < -0.4 is 20.1 Å². The number of benzene rings is 1. The fourth-order valence-electron chi connectivity index (χ4n) is 2.12. The first kappa shape index (κ1) is 16.3. The van der Waals surface area contributed by atoms with Crippen molar-refractivity contribution in [2.45, 2.75) is 6.61 Å². The van der Waals surface area contributed by atoms with E-state index in [2.05, 4.69) is 25.8 Å². The summed E-state index contributed by atoms with van der Waals surface area (Å²) in [6.45, 7) is 0.364. The number of methoxy groups -OCH3 is 1. The van der Waals surface area contributed by atoms with Crippen LogP contribution in [-0.4, -0.2) is 28.3 Å². The maximum absolute atomic E-state index is 12.0. The van der Waals surface area contributed by atoms with E-state index >= 15 is 0 Å². The highest BCUT2D eigenvalue weighted by atomic mass is 16.5. The number of aromatic nitrogens is 3. The Morgan fingerprint density at radius 3 is 2.64 bits per heavy atom. The van der Waals surface area contributed by atoms with E-state index in [-0.39, 0.29) is 0 Å². The highest BCUT2D eigenvalue weighted by Gasteiger charge is 2.09. The van der Waals surface area contributed by atoms with Crippen molar-refractivity contribution in [1.29, 1.82) is 0 Å². The van der Waals surface area contributed by atoms with Gasteiger partial charge >= 0.3 is 6.03 Å². The molecule has 0 atom stereocenters. The fourth-order valence-corrected chi connectivity index (χ4v) is 2.12. The van der Waals surface area contributed by atoms with E-state index in [4.69, 9.17) is 9.47 Å². The van der Waals surface area contributed by atoms with Gasteiger partial charge in [0.05, 0.1) is 13.3 Å². The summed E-state index contributed by atoms with van der Waals surface area (Å²) < 4.78 is 11.1. The van der Waals surface area contributed by atoms with Gasteiger partial charge < -0.3 is 14.8 Å². The molecule has 0 unspecified atom stereocenters. The molecule has 0 bridgehead atoms. The zero-order valence-electron chi connectivity index (χ0n) is 13.5. The number of rotatable bonds is 6. The van der Waals surface area contributed by atoms with Gasteiger partial charge in [0.15, 0.2) is 11.5 Å². The third-order valence-corrected chi connectivity index (χ3v) is 3.31. The van der Waals surface area contributed by atoms with E-state index in [0.29, 0.717) is 29.6 Å². The number of hydrogen-bond donors (Lipinski definition) is 3. The average molecular weight is 339 g/mol. The number of nitrogens with zero attached hydrogens (tertiary/aromatic N) is 2. The highest BCUT2D eigenvalue weighted by Crippen LogP contribution is 2.31. The smallest absolute Gasteiger partial charge is 0.324 e. The molecule has 2 heterocycles. The Balaban J connectivity index is 1.67. The van der Waals surface area contributed by atoms with Gasteiger partial charge in [-0.15, -0.1) is 0 Å². The van der Waals surface area contributed by atoms with Gasteiger partial charge in [-0.05, 0) is 29.8 Å². The van der Waals surface area contributed by atoms with Crippen LogP contribution in [0.3, 0.4) is 0 Å². The molecule has 3 aromatic rings. The lowest BCUT2D eigenvalue weighted by Gasteiger charge is -2.13. The molecule has 0 aliphatic heterocycles. The van der Waals surface area contributed by atoms with E-state index < -0.39 is 6.03 Å². The minimum atomic E-state index is -0.394. The number of hydrogen-bond acceptors (Lipinski definition) is 5. The van der Waals surface area contributed by atoms with E-state index in [1.54, 1.807) is 50.0 Å². The maximum Gasteiger partial charge on any atom is 0.324 e. The molecule has 0 radical (unpaired) electrons. The summed E-state index contributed by atoms with van der Waals surface area (Å²) in [6.07, 6.45) is 4.95. The Bertz CT molecular complexity index is 822. The van der Waals surface area contributed by atoms with Crippen molar-refractivity contribution in [2.24, 2.45) is 0 Å². The molecule has 2 amide bonds. The van der Waals surface area contributed by atoms with Crippen LogP contribution in [0.15, 0.2) is 55.0 Å². The van der Waals surface area contributed by atoms with Crippen LogP contribution in [0.4, 0.5) is 16.3 Å². The fraction of sp³-hybridized carbons (Fsp3) is 0.118. The van der Waals surface area contributed by atoms with Crippen LogP contribution in [0, 0.1) is 0 Å². The summed E-state index contributed by atoms with van der Waals surface area (Å²) in [5.41, 5.74) is 1.55. The Hall–Kier alpha value is -3.55. The Morgan fingerprint density at radius 2 is 1.92 bits per heavy atom. The van der Waals surface area contributed by atoms with Crippen LogP contribution in [0.5, 0.6) is 11.5 Å². The third kappa shape index (κ3) is 4.47. The number of H-pyrrole nitrogens is 1. The van der Waals surface area contributed by atoms with E-state index in [9.17, 15) is 4.79 Å². The zero-order chi connectivity index (χ0) is 17.5. The summed E-state index contributed by atoms with van der Waals surface area (Å²) in [4.78, 5) is 15.9. The zero-order valence-corrected chi connectivity index (χ0v) is 13.5. The molecule has 0 aliphatic rings. The van der Waals surface area contributed by atoms with Crippen LogP contribution >= 0.6 is 0 Å². The van der Waals surface area contributed by atoms with Gasteiger partial charge in [0, 0.05) is 30.2 Å². The number of urea groups is 1. The van der Waals surface area contributed by atoms with Crippen LogP contribution in [-0.2, 0) is 6.61 Å². The van der Waals surface area contributed by atoms with Crippen molar-refractivity contribution in [3.8, 4) is 11.5 Å². The number of nitrogens with one attached hydrogen (secondary N) is 3. The first-order valence-electron chi connectivity index (χ1n) is 7.52. The lowest BCUT2D eigenvalue weighted by atomic mass is 10.2. The number of aromatic amines is 1. The third-order valence-electron chi connectivity index (χ3n) is 3.31. The minimum absolute atomic E-state index is 0.364. The number of amides is 2. The Kier molecular flexibility index (Phi) is 5.10. The van der Waals surface area contributed by atoms with Gasteiger partial charge in [0.1, 0.15) is 12.4 Å². The molecule has 0 spiro atoms. The first-order valence-corrected chi connectivity index (χ1v) is 7.52. The van der Waals surface area contributed by atoms with Gasteiger partial charge in [-0.25, -0.2) is 4.79 Å². The predicted molar refractivity (Wildman–Crippen MR) is 92.8 cm³/mol. The Morgan fingerprint density at radius 1 is 1.08 bits per heavy atom. The van der Waals surface area contributed by atoms with E-state index in [1.165, 1.54) is 0 Å². The first-order chi connectivity index (χ1) is 12.2. The molecular weight excluding hydrogens is 322 g/mol. The van der Waals surface area contributed by atoms with Gasteiger partial charge in [-0.3, -0.25) is 15.4 Å². The largest absolute Gasteiger partial charge is 0.493 e. The number of anilines is 2. The molecule has 8 nitrogen and oxygen atoms in total. The number of carbonyl (C=O) groups is 1. The maximum atomic E-state index is 12.0. The van der Waals surface area contributed by atoms with Crippen molar-refractivity contribution >= 4 is 17.5 Å². The Labute approximate surface area is 144 Å². The summed E-state index contributed by atoms with van der Waals surface area (Å²) in [7, 11) is 1.56. The molecule has 8 heteroatoms. The van der Waals surface area contributed by atoms with Crippen molar-refractivity contribution < 1.29 is 14.3 Å². The van der Waals surface area contributed by atoms with Crippen molar-refractivity contribution in [2.75, 3.05) is 17.7 Å². The topological polar surface area (TPSA) is 101 Å². The quantitative estimate of drug-likeness (QED) is 0.641. The molecule has 25 heavy (non-hydrogen) atoms. The second-order valence-electron chi connectivity index (χ2n) is 5.06. The molecular formula is C17H17N5O3. The number of ether oxygens (including phenoxy) is 2. The van der Waals surface area contributed by atoms with E-state index in [0.717, 1.165) is 5.56 Å². The predicted octanol–water partition coefficient (Wildman–Crippen LogP) is 3.04. The molecule has 0 fully saturated rings. The number of carbonyl (C=O) groups excluding carboxylic acids is 1. The molecule has 0 saturated carbocycles. The number of pyridine rings is 1. The molecule has 3 N–H and O–H groups in total. The summed E-state index contributed by atoms with van der Waals surface area (Å²) in [6, 6.07) is 10.1. The second-order valence-corrected chi connectivity index (χ2v) is 5.06. The van der Waals surface area contributed by atoms with Crippen LogP contribution in [0.1, 0.15) is 5.56 Å². The van der Waals surface area contributed by atoms with Crippen LogP contribution in [0.2, 0.25) is 0 Å². The molecule has 128 valence electrons. The summed E-state index contributed by atoms with van der Waals surface area (Å²) in [5.74, 6) is 1.60. The monoisotopic (exact) mass is 339 g/mol. The molecule has 2 aromatic heterocycles. The molecule has 3 rings (SSSR count). The minimum Gasteiger partial charge on any atom is -0.493 e. The lowest BCUT2D eigenvalue weighted by Crippen LogP contribution is -2.19. The summed E-state index contributed by atoms with van der Waals surface area (Å²) >= 11 is 0. The molecule has 0 aliphatic carbocycles. The van der Waals surface area contributed by atoms with Crippen molar-refractivity contribution in [3.05, 3.63) is 60.6 Å². The van der Waals surface area contributed by atoms with Gasteiger partial charge in [-0.2, -0.15) is 5.10 Å². The average Bonchev–Trinajstić information content (AvgIpc) is 3.14. The van der Waals surface area contributed by atoms with Crippen molar-refractivity contribution in [1.82, 2.24) is 15.2 Å². The molecule has 0 saturated heterocycles. The normalized spacial score (nSPS) is 10.1. The van der Waals surface area contributed by atoms with Gasteiger partial charge in [0.25, 0.3) is 0 Å². The molecule has 1 aromatic carbocycles. The lowest BCUT2D eigenvalue weighted by molar-refractivity contribution is 0.262. The second kappa shape index (κ2) is 7.82. The van der Waals surface area contributed by atoms with E-state index in [1.807, 2.05) is 12.1 Å². The standard InChI is InChI=1S/C17H17N5O3/c1-24-14-3-2-13(20-17(23)21-16-6-9-19-22-16)10-15(14)25-11-12-4-7-18-8-5-12/h2-10H,11H2,1H3,(H3,19,20,21,22,23). The SMILES string of the molecule is COc1ccc(NC(=O)Nc2ccn[nH]2)cc1OCc1ccncc1. The van der Waals surface area contributed by atoms with Crippen LogP contribution in [0.25, 0.3) is 0 Å². The summed E-state index contributed by atoms with van der Waals surface area (Å²) in [5, 5.41) is 11.8.